The van der Waals surface area contributed by atoms with E-state index in [-0.39, 0.29) is 46.7 Å². The number of imide groups is 1. The average molecular weight is 284 g/mol. The van der Waals surface area contributed by atoms with E-state index in [9.17, 15) is 14.4 Å². The number of aromatic carboxylic acids is 1. The summed E-state index contributed by atoms with van der Waals surface area (Å²) in [6.07, 6.45) is 0.246. The highest BCUT2D eigenvalue weighted by atomic mass is 35.5. The van der Waals surface area contributed by atoms with Crippen LogP contribution in [0.2, 0.25) is 5.02 Å². The molecule has 1 aliphatic heterocycles. The predicted octanol–water partition coefficient (Wildman–Crippen LogP) is 1.70. The minimum Gasteiger partial charge on any atom is -0.496 e. The Morgan fingerprint density at radius 2 is 1.89 bits per heavy atom. The lowest BCUT2D eigenvalue weighted by atomic mass is 10.1. The van der Waals surface area contributed by atoms with Gasteiger partial charge >= 0.3 is 5.97 Å². The largest absolute Gasteiger partial charge is 0.496 e. The maximum absolute atomic E-state index is 11.6. The number of halogens is 1. The Morgan fingerprint density at radius 3 is 2.37 bits per heavy atom. The minimum atomic E-state index is -1.20. The zero-order valence-corrected chi connectivity index (χ0v) is 10.7. The first-order valence-corrected chi connectivity index (χ1v) is 5.80. The molecule has 0 aromatic heterocycles. The number of nitrogens with zero attached hydrogens (tertiary/aromatic N) is 1. The minimum absolute atomic E-state index is 0.0156. The molecular weight excluding hydrogens is 274 g/mol. The van der Waals surface area contributed by atoms with Crippen molar-refractivity contribution >= 4 is 35.1 Å². The van der Waals surface area contributed by atoms with Crippen LogP contribution in [0.3, 0.4) is 0 Å². The molecule has 100 valence electrons. The second kappa shape index (κ2) is 4.89. The number of hydrogen-bond acceptors (Lipinski definition) is 4. The van der Waals surface area contributed by atoms with E-state index < -0.39 is 5.97 Å². The van der Waals surface area contributed by atoms with Crippen molar-refractivity contribution in [1.29, 1.82) is 0 Å². The van der Waals surface area contributed by atoms with E-state index in [2.05, 4.69) is 0 Å². The average Bonchev–Trinajstić information content (AvgIpc) is 2.69. The number of carbonyl (C=O) groups is 3. The summed E-state index contributed by atoms with van der Waals surface area (Å²) in [6.45, 7) is 0. The van der Waals surface area contributed by atoms with E-state index in [4.69, 9.17) is 21.4 Å². The van der Waals surface area contributed by atoms with Gasteiger partial charge in [0.05, 0.1) is 17.8 Å². The lowest BCUT2D eigenvalue weighted by Gasteiger charge is -2.17. The lowest BCUT2D eigenvalue weighted by Crippen LogP contribution is -2.29. The Kier molecular flexibility index (Phi) is 3.44. The maximum Gasteiger partial charge on any atom is 0.339 e. The Labute approximate surface area is 113 Å². The van der Waals surface area contributed by atoms with Gasteiger partial charge in [0.1, 0.15) is 11.3 Å². The number of amides is 2. The Hall–Kier alpha value is -2.08. The van der Waals surface area contributed by atoms with Crippen LogP contribution in [0.4, 0.5) is 5.69 Å². The molecule has 0 bridgehead atoms. The Bertz CT molecular complexity index is 568. The summed E-state index contributed by atoms with van der Waals surface area (Å²) in [5, 5.41) is 9.01. The van der Waals surface area contributed by atoms with Gasteiger partial charge < -0.3 is 9.84 Å². The monoisotopic (exact) mass is 283 g/mol. The van der Waals surface area contributed by atoms with Gasteiger partial charge in [-0.3, -0.25) is 9.59 Å². The van der Waals surface area contributed by atoms with E-state index in [0.717, 1.165) is 11.0 Å². The molecule has 1 N–H and O–H groups in total. The van der Waals surface area contributed by atoms with Crippen LogP contribution < -0.4 is 9.64 Å². The molecule has 2 amide bonds. The van der Waals surface area contributed by atoms with Gasteiger partial charge in [0.25, 0.3) is 0 Å². The number of methoxy groups -OCH3 is 1. The third kappa shape index (κ3) is 2.26. The van der Waals surface area contributed by atoms with Crippen LogP contribution in [-0.2, 0) is 9.59 Å². The number of hydrogen-bond donors (Lipinski definition) is 1. The van der Waals surface area contributed by atoms with Crippen molar-refractivity contribution in [1.82, 2.24) is 0 Å². The van der Waals surface area contributed by atoms with Crippen molar-refractivity contribution in [2.24, 2.45) is 0 Å². The van der Waals surface area contributed by atoms with Gasteiger partial charge in [0.2, 0.25) is 11.8 Å². The van der Waals surface area contributed by atoms with Crippen LogP contribution in [0.25, 0.3) is 0 Å². The molecule has 1 aromatic rings. The molecule has 1 fully saturated rings. The molecule has 1 saturated heterocycles. The molecule has 7 heteroatoms. The zero-order valence-electron chi connectivity index (χ0n) is 9.97. The second-order valence-corrected chi connectivity index (χ2v) is 4.34. The van der Waals surface area contributed by atoms with E-state index in [1.807, 2.05) is 0 Å². The van der Waals surface area contributed by atoms with Crippen molar-refractivity contribution in [3.63, 3.8) is 0 Å². The zero-order chi connectivity index (χ0) is 14.2. The first kappa shape index (κ1) is 13.4. The number of rotatable bonds is 3. The van der Waals surface area contributed by atoms with E-state index in [1.54, 1.807) is 0 Å². The molecule has 1 aliphatic rings. The predicted molar refractivity (Wildman–Crippen MR) is 66.7 cm³/mol. The Morgan fingerprint density at radius 1 is 1.32 bits per heavy atom. The number of carboxylic acid groups (broad SMARTS) is 1. The number of anilines is 1. The SMILES string of the molecule is COc1cc(N2C(=O)CCC2=O)c(Cl)cc1C(=O)O. The standard InChI is InChI=1S/C12H10ClNO5/c1-19-9-5-8(7(13)4-6(9)12(17)18)14-10(15)2-3-11(14)16/h4-5H,2-3H2,1H3,(H,17,18). The number of carbonyl (C=O) groups excluding carboxylic acids is 2. The van der Waals surface area contributed by atoms with E-state index in [0.29, 0.717) is 0 Å². The third-order valence-electron chi connectivity index (χ3n) is 2.79. The van der Waals surface area contributed by atoms with Crippen LogP contribution in [0, 0.1) is 0 Å². The van der Waals surface area contributed by atoms with Gasteiger partial charge in [0.15, 0.2) is 0 Å². The van der Waals surface area contributed by atoms with Gasteiger partial charge in [-0.2, -0.15) is 0 Å². The van der Waals surface area contributed by atoms with Crippen molar-refractivity contribution in [3.05, 3.63) is 22.7 Å². The van der Waals surface area contributed by atoms with Crippen LogP contribution >= 0.6 is 11.6 Å². The lowest BCUT2D eigenvalue weighted by molar-refractivity contribution is -0.121. The normalized spacial score (nSPS) is 14.9. The summed E-state index contributed by atoms with van der Waals surface area (Å²) in [7, 11) is 1.30. The summed E-state index contributed by atoms with van der Waals surface area (Å²) in [5.74, 6) is -1.89. The Balaban J connectivity index is 2.56. The number of carboxylic acids is 1. The molecule has 2 rings (SSSR count). The van der Waals surface area contributed by atoms with Gasteiger partial charge in [-0.05, 0) is 6.07 Å². The summed E-state index contributed by atoms with van der Waals surface area (Å²) >= 11 is 5.95. The van der Waals surface area contributed by atoms with Crippen LogP contribution in [-0.4, -0.2) is 30.0 Å². The highest BCUT2D eigenvalue weighted by Gasteiger charge is 2.32. The molecule has 19 heavy (non-hydrogen) atoms. The molecule has 0 radical (unpaired) electrons. The fourth-order valence-electron chi connectivity index (χ4n) is 1.90. The summed E-state index contributed by atoms with van der Waals surface area (Å²) in [6, 6.07) is 2.45. The van der Waals surface area contributed by atoms with Gasteiger partial charge in [0, 0.05) is 18.9 Å². The molecule has 1 aromatic carbocycles. The number of benzene rings is 1. The molecule has 0 atom stereocenters. The van der Waals surface area contributed by atoms with Gasteiger partial charge in [-0.1, -0.05) is 11.6 Å². The number of ether oxygens (including phenoxy) is 1. The van der Waals surface area contributed by atoms with Crippen molar-refractivity contribution in [2.75, 3.05) is 12.0 Å². The fourth-order valence-corrected chi connectivity index (χ4v) is 2.14. The molecule has 6 nitrogen and oxygen atoms in total. The maximum atomic E-state index is 11.6. The van der Waals surface area contributed by atoms with Crippen LogP contribution in [0.15, 0.2) is 12.1 Å². The van der Waals surface area contributed by atoms with E-state index in [1.165, 1.54) is 13.2 Å². The van der Waals surface area contributed by atoms with Crippen LogP contribution in [0.1, 0.15) is 23.2 Å². The molecule has 0 aliphatic carbocycles. The summed E-state index contributed by atoms with van der Waals surface area (Å²) in [4.78, 5) is 35.3. The van der Waals surface area contributed by atoms with Crippen molar-refractivity contribution in [2.45, 2.75) is 12.8 Å². The first-order valence-electron chi connectivity index (χ1n) is 5.42. The second-order valence-electron chi connectivity index (χ2n) is 3.93. The van der Waals surface area contributed by atoms with Crippen LogP contribution in [0.5, 0.6) is 5.75 Å². The molecular formula is C12H10ClNO5. The van der Waals surface area contributed by atoms with Crippen molar-refractivity contribution in [3.8, 4) is 5.75 Å². The molecule has 1 heterocycles. The molecule has 0 saturated carbocycles. The van der Waals surface area contributed by atoms with E-state index >= 15 is 0 Å². The first-order chi connectivity index (χ1) is 8.95. The quantitative estimate of drug-likeness (QED) is 0.854. The van der Waals surface area contributed by atoms with Gasteiger partial charge in [-0.15, -0.1) is 0 Å². The smallest absolute Gasteiger partial charge is 0.339 e. The molecule has 0 spiro atoms. The summed E-state index contributed by atoms with van der Waals surface area (Å²) in [5.41, 5.74) is 0.0198. The highest BCUT2D eigenvalue weighted by Crippen LogP contribution is 2.35. The topological polar surface area (TPSA) is 83.9 Å². The summed E-state index contributed by atoms with van der Waals surface area (Å²) < 4.78 is 4.94. The van der Waals surface area contributed by atoms with Crippen molar-refractivity contribution < 1.29 is 24.2 Å². The molecule has 0 unspecified atom stereocenters. The van der Waals surface area contributed by atoms with Gasteiger partial charge in [-0.25, -0.2) is 9.69 Å². The third-order valence-corrected chi connectivity index (χ3v) is 3.09. The fraction of sp³-hybridized carbons (Fsp3) is 0.250. The highest BCUT2D eigenvalue weighted by molar-refractivity contribution is 6.36.